The molecule has 0 radical (unpaired) electrons. The number of fused-ring (bicyclic) bond motifs is 2. The average molecular weight is 542 g/mol. The minimum atomic E-state index is -0.737. The third-order valence-electron chi connectivity index (χ3n) is 6.53. The zero-order valence-corrected chi connectivity index (χ0v) is 23.3. The number of aromatic nitrogens is 2. The maximum absolute atomic E-state index is 14.1. The van der Waals surface area contributed by atoms with Gasteiger partial charge in [0.2, 0.25) is 0 Å². The lowest BCUT2D eigenvalue weighted by atomic mass is 9.95. The van der Waals surface area contributed by atoms with E-state index in [1.54, 1.807) is 18.4 Å². The number of hydrogen-bond donors (Lipinski definition) is 0. The van der Waals surface area contributed by atoms with Gasteiger partial charge in [-0.1, -0.05) is 53.8 Å². The normalized spacial score (nSPS) is 15.4. The van der Waals surface area contributed by atoms with Gasteiger partial charge in [-0.3, -0.25) is 9.36 Å². The highest BCUT2D eigenvalue weighted by atomic mass is 32.1. The van der Waals surface area contributed by atoms with Crippen molar-refractivity contribution >= 4 is 34.3 Å². The molecule has 5 rings (SSSR count). The Bertz CT molecular complexity index is 1790. The smallest absolute Gasteiger partial charge is 0.338 e. The van der Waals surface area contributed by atoms with E-state index in [0.29, 0.717) is 38.5 Å². The van der Waals surface area contributed by atoms with E-state index < -0.39 is 12.0 Å². The molecule has 4 aromatic rings. The summed E-state index contributed by atoms with van der Waals surface area (Å²) in [5.74, 6) is 0.112. The molecule has 2 aromatic heterocycles. The topological polar surface area (TPSA) is 74.8 Å². The lowest BCUT2D eigenvalue weighted by Crippen LogP contribution is -2.40. The Kier molecular flexibility index (Phi) is 7.39. The van der Waals surface area contributed by atoms with Crippen LogP contribution in [0.2, 0.25) is 0 Å². The fraction of sp³-hybridized carbons (Fsp3) is 0.258. The second-order valence-corrected chi connectivity index (χ2v) is 10.6. The van der Waals surface area contributed by atoms with Crippen LogP contribution in [0.3, 0.4) is 0 Å². The molecule has 0 N–H and O–H groups in total. The number of carbonyl (C=O) groups is 1. The second kappa shape index (κ2) is 10.9. The highest BCUT2D eigenvalue weighted by Gasteiger charge is 2.35. The summed E-state index contributed by atoms with van der Waals surface area (Å²) in [6, 6.07) is 14.9. The molecule has 7 nitrogen and oxygen atoms in total. The van der Waals surface area contributed by atoms with Gasteiger partial charge in [0, 0.05) is 34.8 Å². The molecule has 1 atom stereocenters. The van der Waals surface area contributed by atoms with Crippen molar-refractivity contribution in [2.45, 2.75) is 46.4 Å². The second-order valence-electron chi connectivity index (χ2n) is 9.55. The Morgan fingerprint density at radius 1 is 1.18 bits per heavy atom. The van der Waals surface area contributed by atoms with Gasteiger partial charge in [-0.15, -0.1) is 6.58 Å². The first-order valence-corrected chi connectivity index (χ1v) is 13.8. The summed E-state index contributed by atoms with van der Waals surface area (Å²) < 4.78 is 15.8. The molecule has 200 valence electrons. The first-order chi connectivity index (χ1) is 18.8. The quantitative estimate of drug-likeness (QED) is 0.239. The minimum Gasteiger partial charge on any atom is -0.491 e. The Labute approximate surface area is 230 Å². The highest BCUT2D eigenvalue weighted by Crippen LogP contribution is 2.36. The van der Waals surface area contributed by atoms with Gasteiger partial charge in [-0.05, 0) is 45.9 Å². The molecule has 0 amide bonds. The van der Waals surface area contributed by atoms with Crippen LogP contribution in [0, 0.1) is 0 Å². The van der Waals surface area contributed by atoms with Gasteiger partial charge < -0.3 is 14.0 Å². The van der Waals surface area contributed by atoms with Crippen molar-refractivity contribution in [3.05, 3.63) is 109 Å². The number of benzene rings is 2. The minimum absolute atomic E-state index is 0.0917. The molecule has 0 bridgehead atoms. The van der Waals surface area contributed by atoms with E-state index in [4.69, 9.17) is 14.5 Å². The van der Waals surface area contributed by atoms with Gasteiger partial charge >= 0.3 is 5.97 Å². The van der Waals surface area contributed by atoms with Crippen LogP contribution in [-0.2, 0) is 16.1 Å². The van der Waals surface area contributed by atoms with E-state index in [0.717, 1.165) is 16.5 Å². The molecule has 0 fully saturated rings. The Hall–Kier alpha value is -4.17. The molecule has 3 heterocycles. The van der Waals surface area contributed by atoms with Gasteiger partial charge in [-0.25, -0.2) is 9.79 Å². The lowest BCUT2D eigenvalue weighted by Gasteiger charge is -2.26. The van der Waals surface area contributed by atoms with Crippen molar-refractivity contribution in [3.8, 4) is 5.75 Å². The SMILES string of the molecule is C=CCn1cc(/C=c2\sc3n(c2=O)[C@@H](c2ccccc2OC(C)C)C(C(=O)OCC)=C(C)N=3)c2ccccc21. The molecular weight excluding hydrogens is 510 g/mol. The van der Waals surface area contributed by atoms with Gasteiger partial charge in [0.15, 0.2) is 4.80 Å². The summed E-state index contributed by atoms with van der Waals surface area (Å²) in [6.07, 6.45) is 5.69. The van der Waals surface area contributed by atoms with E-state index in [-0.39, 0.29) is 18.3 Å². The highest BCUT2D eigenvalue weighted by molar-refractivity contribution is 7.07. The van der Waals surface area contributed by atoms with Gasteiger partial charge in [0.1, 0.15) is 11.8 Å². The molecule has 39 heavy (non-hydrogen) atoms. The molecule has 8 heteroatoms. The molecule has 1 aliphatic heterocycles. The summed E-state index contributed by atoms with van der Waals surface area (Å²) in [5.41, 5.74) is 3.33. The van der Waals surface area contributed by atoms with Crippen LogP contribution in [0.1, 0.15) is 44.9 Å². The van der Waals surface area contributed by atoms with Crippen molar-refractivity contribution in [3.63, 3.8) is 0 Å². The summed E-state index contributed by atoms with van der Waals surface area (Å²) in [5, 5.41) is 1.04. The molecule has 2 aromatic carbocycles. The van der Waals surface area contributed by atoms with Crippen molar-refractivity contribution in [2.75, 3.05) is 6.61 Å². The number of rotatable bonds is 8. The van der Waals surface area contributed by atoms with Crippen molar-refractivity contribution in [1.82, 2.24) is 9.13 Å². The number of ether oxygens (including phenoxy) is 2. The first-order valence-electron chi connectivity index (χ1n) is 13.0. The predicted octanol–water partition coefficient (Wildman–Crippen LogP) is 4.73. The van der Waals surface area contributed by atoms with Crippen LogP contribution >= 0.6 is 11.3 Å². The van der Waals surface area contributed by atoms with Crippen LogP contribution in [0.15, 0.2) is 88.4 Å². The van der Waals surface area contributed by atoms with Crippen molar-refractivity contribution < 1.29 is 14.3 Å². The standard InChI is InChI=1S/C31H31N3O4S/c1-6-16-33-18-21(22-12-8-10-14-24(22)33)17-26-29(35)34-28(23-13-9-11-15-25(23)38-19(3)4)27(30(36)37-7-2)20(5)32-31(34)39-26/h6,8-15,17-19,28H,1,7,16H2,2-5H3/b26-17-/t28-/m0/s1. The number of thiazole rings is 1. The summed E-state index contributed by atoms with van der Waals surface area (Å²) in [6.45, 7) is 12.2. The number of allylic oxidation sites excluding steroid dienone is 2. The molecular formula is C31H31N3O4S. The van der Waals surface area contributed by atoms with Crippen molar-refractivity contribution in [2.24, 2.45) is 4.99 Å². The largest absolute Gasteiger partial charge is 0.491 e. The number of para-hydroxylation sites is 2. The fourth-order valence-electron chi connectivity index (χ4n) is 4.98. The van der Waals surface area contributed by atoms with Crippen LogP contribution in [0.5, 0.6) is 5.75 Å². The van der Waals surface area contributed by atoms with Crippen LogP contribution in [-0.4, -0.2) is 27.8 Å². The maximum Gasteiger partial charge on any atom is 0.338 e. The van der Waals surface area contributed by atoms with E-state index in [1.807, 2.05) is 74.7 Å². The summed E-state index contributed by atoms with van der Waals surface area (Å²) >= 11 is 1.31. The number of esters is 1. The van der Waals surface area contributed by atoms with Gasteiger partial charge in [-0.2, -0.15) is 0 Å². The number of hydrogen-bond acceptors (Lipinski definition) is 6. The summed E-state index contributed by atoms with van der Waals surface area (Å²) in [4.78, 5) is 32.5. The van der Waals surface area contributed by atoms with E-state index in [1.165, 1.54) is 11.3 Å². The lowest BCUT2D eigenvalue weighted by molar-refractivity contribution is -0.139. The Morgan fingerprint density at radius 2 is 1.92 bits per heavy atom. The number of nitrogens with zero attached hydrogens (tertiary/aromatic N) is 3. The van der Waals surface area contributed by atoms with E-state index in [2.05, 4.69) is 17.2 Å². The zero-order chi connectivity index (χ0) is 27.7. The third-order valence-corrected chi connectivity index (χ3v) is 7.51. The molecule has 0 spiro atoms. The van der Waals surface area contributed by atoms with Gasteiger partial charge in [0.25, 0.3) is 5.56 Å². The Morgan fingerprint density at radius 3 is 2.67 bits per heavy atom. The van der Waals surface area contributed by atoms with Crippen LogP contribution in [0.4, 0.5) is 0 Å². The zero-order valence-electron chi connectivity index (χ0n) is 22.5. The maximum atomic E-state index is 14.1. The molecule has 1 aliphatic rings. The third kappa shape index (κ3) is 4.88. The summed E-state index contributed by atoms with van der Waals surface area (Å²) in [7, 11) is 0. The average Bonchev–Trinajstić information content (AvgIpc) is 3.40. The van der Waals surface area contributed by atoms with Gasteiger partial charge in [0.05, 0.1) is 28.5 Å². The van der Waals surface area contributed by atoms with Crippen LogP contribution in [0.25, 0.3) is 17.0 Å². The van der Waals surface area contributed by atoms with Crippen molar-refractivity contribution in [1.29, 1.82) is 0 Å². The predicted molar refractivity (Wildman–Crippen MR) is 155 cm³/mol. The van der Waals surface area contributed by atoms with Crippen LogP contribution < -0.4 is 19.6 Å². The molecule has 0 saturated heterocycles. The monoisotopic (exact) mass is 541 g/mol. The fourth-order valence-corrected chi connectivity index (χ4v) is 6.01. The molecule has 0 aliphatic carbocycles. The Balaban J connectivity index is 1.76. The van der Waals surface area contributed by atoms with E-state index in [9.17, 15) is 9.59 Å². The molecule has 0 saturated carbocycles. The van der Waals surface area contributed by atoms with E-state index >= 15 is 0 Å². The number of carbonyl (C=O) groups excluding carboxylic acids is 1. The molecule has 0 unspecified atom stereocenters. The first kappa shape index (κ1) is 26.4.